The van der Waals surface area contributed by atoms with Crippen molar-refractivity contribution in [1.82, 2.24) is 0 Å². The standard InChI is InChI=1S/C44H28O/c1-3-14-29(15-4-1)32-18-7-8-19-34(32)43-37-22-11-9-20-35(37)42(36-21-10-12-23-38(36)43)31-26-27-39-41(28-31)45-40-25-13-24-33(44(39)40)30-16-5-2-6-17-30/h1-28H/i2D,5D,6D,7D,8D,13D,16D,17D,18D,19D,24D,25D,26D,27D,28D. The Labute approximate surface area is 282 Å². The summed E-state index contributed by atoms with van der Waals surface area (Å²) in [5.41, 5.74) is 0.435. The summed E-state index contributed by atoms with van der Waals surface area (Å²) in [5.74, 6) is 0. The zero-order chi connectivity index (χ0) is 42.8. The van der Waals surface area contributed by atoms with E-state index in [9.17, 15) is 5.48 Å². The first-order valence-corrected chi connectivity index (χ1v) is 14.2. The molecule has 0 aliphatic carbocycles. The van der Waals surface area contributed by atoms with E-state index < -0.39 is 78.1 Å². The molecule has 0 aliphatic heterocycles. The van der Waals surface area contributed by atoms with Gasteiger partial charge in [0.05, 0.1) is 20.6 Å². The van der Waals surface area contributed by atoms with E-state index in [1.165, 1.54) is 0 Å². The van der Waals surface area contributed by atoms with Gasteiger partial charge >= 0.3 is 0 Å². The normalized spacial score (nSPS) is 16.2. The highest BCUT2D eigenvalue weighted by molar-refractivity contribution is 6.23. The average Bonchev–Trinajstić information content (AvgIpc) is 3.66. The van der Waals surface area contributed by atoms with Crippen LogP contribution in [0.1, 0.15) is 20.6 Å². The highest BCUT2D eigenvalue weighted by atomic mass is 16.3. The maximum absolute atomic E-state index is 9.70. The second kappa shape index (κ2) is 10.4. The zero-order valence-electron chi connectivity index (χ0n) is 38.4. The molecule has 0 unspecified atom stereocenters. The summed E-state index contributed by atoms with van der Waals surface area (Å²) in [7, 11) is 0. The Hall–Kier alpha value is -5.92. The number of benzene rings is 8. The summed E-state index contributed by atoms with van der Waals surface area (Å²) in [5, 5.41) is 1.61. The number of rotatable bonds is 4. The lowest BCUT2D eigenvalue weighted by Crippen LogP contribution is -1.92. The van der Waals surface area contributed by atoms with Gasteiger partial charge in [0.15, 0.2) is 0 Å². The van der Waals surface area contributed by atoms with E-state index in [1.54, 1.807) is 72.8 Å². The molecular formula is C44H28O. The number of furan rings is 1. The molecule has 0 radical (unpaired) electrons. The molecule has 8 aromatic carbocycles. The average molecular weight is 588 g/mol. The van der Waals surface area contributed by atoms with Crippen molar-refractivity contribution in [2.24, 2.45) is 0 Å². The third-order valence-electron chi connectivity index (χ3n) is 8.00. The van der Waals surface area contributed by atoms with Crippen LogP contribution < -0.4 is 0 Å². The molecule has 0 saturated heterocycles. The highest BCUT2D eigenvalue weighted by Crippen LogP contribution is 2.47. The van der Waals surface area contributed by atoms with Crippen LogP contribution in [-0.4, -0.2) is 0 Å². The van der Waals surface area contributed by atoms with Crippen LogP contribution in [0.4, 0.5) is 0 Å². The molecule has 0 bridgehead atoms. The summed E-state index contributed by atoms with van der Waals surface area (Å²) in [4.78, 5) is 0. The molecule has 0 aliphatic rings. The molecule has 1 heterocycles. The molecule has 0 spiro atoms. The van der Waals surface area contributed by atoms with Crippen molar-refractivity contribution in [1.29, 1.82) is 0 Å². The monoisotopic (exact) mass is 587 g/mol. The zero-order valence-corrected chi connectivity index (χ0v) is 23.4. The van der Waals surface area contributed by atoms with Crippen molar-refractivity contribution in [2.75, 3.05) is 0 Å². The SMILES string of the molecule is [2H]c1c([2H])c([2H])c(-c2c([2H])c([2H])c([2H])c3oc4c([2H])c(-c5c6ccccc6c(-c6c([2H])c([2H])c([2H])c([2H])c6-c6ccccc6)c6ccccc56)c([2H])c([2H])c4c23)c([2H])c1[2H]. The first-order chi connectivity index (χ1) is 28.6. The quantitative estimate of drug-likeness (QED) is 0.187. The number of fused-ring (bicyclic) bond motifs is 5. The van der Waals surface area contributed by atoms with Crippen LogP contribution in [0.5, 0.6) is 0 Å². The van der Waals surface area contributed by atoms with E-state index in [1.807, 2.05) is 6.07 Å². The van der Waals surface area contributed by atoms with Crippen molar-refractivity contribution in [2.45, 2.75) is 0 Å². The van der Waals surface area contributed by atoms with Gasteiger partial charge in [-0.05, 0) is 84.2 Å². The fraction of sp³-hybridized carbons (Fsp3) is 0. The Morgan fingerprint density at radius 1 is 0.378 bits per heavy atom. The number of hydrogen-bond donors (Lipinski definition) is 0. The maximum Gasteiger partial charge on any atom is 0.136 e. The van der Waals surface area contributed by atoms with E-state index >= 15 is 0 Å². The Balaban J connectivity index is 1.45. The molecule has 0 fully saturated rings. The van der Waals surface area contributed by atoms with Gasteiger partial charge in [0.25, 0.3) is 0 Å². The van der Waals surface area contributed by atoms with Crippen LogP contribution in [0.2, 0.25) is 0 Å². The maximum atomic E-state index is 9.70. The predicted molar refractivity (Wildman–Crippen MR) is 190 cm³/mol. The summed E-state index contributed by atoms with van der Waals surface area (Å²) < 4.78 is 139. The Morgan fingerprint density at radius 3 is 1.69 bits per heavy atom. The Bertz CT molecular complexity index is 3290. The van der Waals surface area contributed by atoms with Crippen molar-refractivity contribution in [3.05, 3.63) is 169 Å². The lowest BCUT2D eigenvalue weighted by Gasteiger charge is -2.19. The lowest BCUT2D eigenvalue weighted by atomic mass is 9.84. The van der Waals surface area contributed by atoms with Gasteiger partial charge in [-0.2, -0.15) is 0 Å². The minimum absolute atomic E-state index is 0.0446. The van der Waals surface area contributed by atoms with Crippen molar-refractivity contribution < 1.29 is 25.0 Å². The second-order valence-corrected chi connectivity index (χ2v) is 10.5. The molecule has 0 N–H and O–H groups in total. The lowest BCUT2D eigenvalue weighted by molar-refractivity contribution is 0.669. The molecular weight excluding hydrogens is 544 g/mol. The number of hydrogen-bond acceptors (Lipinski definition) is 1. The molecule has 9 rings (SSSR count). The molecule has 1 heteroatoms. The molecule has 45 heavy (non-hydrogen) atoms. The molecule has 0 amide bonds. The van der Waals surface area contributed by atoms with Gasteiger partial charge in [0, 0.05) is 10.8 Å². The van der Waals surface area contributed by atoms with Crippen LogP contribution in [0.25, 0.3) is 88.0 Å². The summed E-state index contributed by atoms with van der Waals surface area (Å²) in [6.07, 6.45) is 0. The van der Waals surface area contributed by atoms with Crippen LogP contribution >= 0.6 is 0 Å². The second-order valence-electron chi connectivity index (χ2n) is 10.5. The van der Waals surface area contributed by atoms with Gasteiger partial charge < -0.3 is 4.42 Å². The van der Waals surface area contributed by atoms with Crippen LogP contribution in [0, 0.1) is 0 Å². The van der Waals surface area contributed by atoms with Gasteiger partial charge in [0.1, 0.15) is 11.2 Å². The minimum atomic E-state index is -0.701. The highest BCUT2D eigenvalue weighted by Gasteiger charge is 2.20. The van der Waals surface area contributed by atoms with Crippen molar-refractivity contribution in [3.63, 3.8) is 0 Å². The van der Waals surface area contributed by atoms with Crippen LogP contribution in [0.15, 0.2) is 174 Å². The minimum Gasteiger partial charge on any atom is -0.456 e. The molecule has 0 atom stereocenters. The fourth-order valence-corrected chi connectivity index (χ4v) is 6.12. The first-order valence-electron chi connectivity index (χ1n) is 21.7. The fourth-order valence-electron chi connectivity index (χ4n) is 6.12. The van der Waals surface area contributed by atoms with E-state index in [0.29, 0.717) is 38.2 Å². The van der Waals surface area contributed by atoms with Gasteiger partial charge in [-0.15, -0.1) is 0 Å². The smallest absolute Gasteiger partial charge is 0.136 e. The molecule has 0 saturated carbocycles. The van der Waals surface area contributed by atoms with E-state index in [-0.39, 0.29) is 62.3 Å². The van der Waals surface area contributed by atoms with E-state index in [2.05, 4.69) is 0 Å². The van der Waals surface area contributed by atoms with E-state index in [4.69, 9.17) is 19.5 Å². The third-order valence-corrected chi connectivity index (χ3v) is 8.00. The van der Waals surface area contributed by atoms with E-state index in [0.717, 1.165) is 0 Å². The molecule has 1 aromatic heterocycles. The van der Waals surface area contributed by atoms with Gasteiger partial charge in [-0.1, -0.05) is 151 Å². The van der Waals surface area contributed by atoms with Gasteiger partial charge in [0.2, 0.25) is 0 Å². The van der Waals surface area contributed by atoms with Gasteiger partial charge in [-0.3, -0.25) is 0 Å². The molecule has 210 valence electrons. The Kier molecular flexibility index (Phi) is 3.39. The summed E-state index contributed by atoms with van der Waals surface area (Å²) in [6.45, 7) is 0. The molecule has 9 aromatic rings. The predicted octanol–water partition coefficient (Wildman–Crippen LogP) is 12.6. The van der Waals surface area contributed by atoms with Crippen LogP contribution in [0.3, 0.4) is 0 Å². The molecule has 1 nitrogen and oxygen atoms in total. The Morgan fingerprint density at radius 2 is 0.978 bits per heavy atom. The largest absolute Gasteiger partial charge is 0.456 e. The first kappa shape index (κ1) is 14.7. The van der Waals surface area contributed by atoms with Crippen molar-refractivity contribution in [3.8, 4) is 44.5 Å². The van der Waals surface area contributed by atoms with Gasteiger partial charge in [-0.25, -0.2) is 0 Å². The summed E-state index contributed by atoms with van der Waals surface area (Å²) >= 11 is 0. The van der Waals surface area contributed by atoms with Crippen LogP contribution in [-0.2, 0) is 0 Å². The topological polar surface area (TPSA) is 13.1 Å². The van der Waals surface area contributed by atoms with Crippen molar-refractivity contribution >= 4 is 43.5 Å². The summed E-state index contributed by atoms with van der Waals surface area (Å²) in [6, 6.07) is 15.0. The third kappa shape index (κ3) is 4.09.